The number of aliphatic hydroxyl groups excluding tert-OH is 1. The van der Waals surface area contributed by atoms with E-state index in [0.29, 0.717) is 10.0 Å². The van der Waals surface area contributed by atoms with Gasteiger partial charge in [-0.05, 0) is 35.4 Å². The number of hydrogen-bond donors (Lipinski definition) is 1. The number of hydrogen-bond acceptors (Lipinski definition) is 2. The fraction of sp³-hybridized carbons (Fsp3) is 0.200. The van der Waals surface area contributed by atoms with E-state index in [2.05, 4.69) is 15.9 Å². The van der Waals surface area contributed by atoms with Crippen molar-refractivity contribution in [3.8, 4) is 5.75 Å². The predicted octanol–water partition coefficient (Wildman–Crippen LogP) is 3.87. The lowest BCUT2D eigenvalue weighted by atomic mass is 10.0. The SMILES string of the molecule is COc1ccc(C(O)Cc2ccc(Br)cc2F)cc1. The van der Waals surface area contributed by atoms with Gasteiger partial charge in [-0.1, -0.05) is 34.1 Å². The Morgan fingerprint density at radius 2 is 1.89 bits per heavy atom. The first-order valence-electron chi connectivity index (χ1n) is 5.86. The van der Waals surface area contributed by atoms with Gasteiger partial charge < -0.3 is 9.84 Å². The molecule has 100 valence electrons. The molecule has 19 heavy (non-hydrogen) atoms. The van der Waals surface area contributed by atoms with Gasteiger partial charge in [0.25, 0.3) is 0 Å². The highest BCUT2D eigenvalue weighted by Gasteiger charge is 2.12. The molecule has 0 spiro atoms. The maximum Gasteiger partial charge on any atom is 0.127 e. The molecule has 2 nitrogen and oxygen atoms in total. The van der Waals surface area contributed by atoms with Gasteiger partial charge in [0, 0.05) is 10.9 Å². The molecule has 0 aliphatic carbocycles. The Labute approximate surface area is 120 Å². The standard InChI is InChI=1S/C15H14BrFO2/c1-19-13-6-3-10(4-7-13)15(18)8-11-2-5-12(16)9-14(11)17/h2-7,9,15,18H,8H2,1H3. The Kier molecular flexibility index (Phi) is 4.56. The van der Waals surface area contributed by atoms with Gasteiger partial charge in [-0.3, -0.25) is 0 Å². The van der Waals surface area contributed by atoms with Gasteiger partial charge in [0.1, 0.15) is 11.6 Å². The Bertz CT molecular complexity index is 555. The van der Waals surface area contributed by atoms with Crippen LogP contribution in [0.5, 0.6) is 5.75 Å². The van der Waals surface area contributed by atoms with Gasteiger partial charge in [-0.15, -0.1) is 0 Å². The lowest BCUT2D eigenvalue weighted by molar-refractivity contribution is 0.177. The lowest BCUT2D eigenvalue weighted by Crippen LogP contribution is -2.03. The minimum Gasteiger partial charge on any atom is -0.497 e. The fourth-order valence-corrected chi connectivity index (χ4v) is 2.17. The second-order valence-corrected chi connectivity index (χ2v) is 5.14. The van der Waals surface area contributed by atoms with Gasteiger partial charge in [-0.2, -0.15) is 0 Å². The monoisotopic (exact) mass is 324 g/mol. The summed E-state index contributed by atoms with van der Waals surface area (Å²) in [5.41, 5.74) is 1.23. The third kappa shape index (κ3) is 3.55. The summed E-state index contributed by atoms with van der Waals surface area (Å²) in [5, 5.41) is 10.1. The Morgan fingerprint density at radius 1 is 1.21 bits per heavy atom. The van der Waals surface area contributed by atoms with Crippen LogP contribution in [0.15, 0.2) is 46.9 Å². The van der Waals surface area contributed by atoms with E-state index < -0.39 is 6.10 Å². The third-order valence-corrected chi connectivity index (χ3v) is 3.42. The van der Waals surface area contributed by atoms with E-state index in [0.717, 1.165) is 11.3 Å². The molecule has 0 saturated carbocycles. The molecule has 0 amide bonds. The maximum atomic E-state index is 13.7. The van der Waals surface area contributed by atoms with Crippen LogP contribution in [0.3, 0.4) is 0 Å². The van der Waals surface area contributed by atoms with Crippen LogP contribution in [0.4, 0.5) is 4.39 Å². The number of halogens is 2. The zero-order valence-electron chi connectivity index (χ0n) is 10.4. The molecule has 0 heterocycles. The molecular formula is C15H14BrFO2. The molecule has 4 heteroatoms. The first kappa shape index (κ1) is 14.0. The highest BCUT2D eigenvalue weighted by atomic mass is 79.9. The van der Waals surface area contributed by atoms with E-state index in [-0.39, 0.29) is 12.2 Å². The second kappa shape index (κ2) is 6.17. The van der Waals surface area contributed by atoms with Crippen LogP contribution in [0.25, 0.3) is 0 Å². The summed E-state index contributed by atoms with van der Waals surface area (Å²) in [6, 6.07) is 11.9. The smallest absolute Gasteiger partial charge is 0.127 e. The van der Waals surface area contributed by atoms with Crippen LogP contribution in [0.2, 0.25) is 0 Å². The van der Waals surface area contributed by atoms with Gasteiger partial charge in [-0.25, -0.2) is 4.39 Å². The number of benzene rings is 2. The summed E-state index contributed by atoms with van der Waals surface area (Å²) in [6.45, 7) is 0. The molecule has 1 N–H and O–H groups in total. The van der Waals surface area contributed by atoms with Crippen LogP contribution in [-0.2, 0) is 6.42 Å². The quantitative estimate of drug-likeness (QED) is 0.925. The Balaban J connectivity index is 2.13. The molecule has 0 aliphatic rings. The third-order valence-electron chi connectivity index (χ3n) is 2.93. The van der Waals surface area contributed by atoms with Crippen molar-refractivity contribution in [2.75, 3.05) is 7.11 Å². The van der Waals surface area contributed by atoms with E-state index >= 15 is 0 Å². The number of ether oxygens (including phenoxy) is 1. The summed E-state index contributed by atoms with van der Waals surface area (Å²) in [4.78, 5) is 0. The van der Waals surface area contributed by atoms with E-state index in [1.165, 1.54) is 6.07 Å². The summed E-state index contributed by atoms with van der Waals surface area (Å²) >= 11 is 3.21. The van der Waals surface area contributed by atoms with E-state index in [1.54, 1.807) is 43.5 Å². The van der Waals surface area contributed by atoms with Crippen LogP contribution in [0.1, 0.15) is 17.2 Å². The van der Waals surface area contributed by atoms with Crippen molar-refractivity contribution < 1.29 is 14.2 Å². The lowest BCUT2D eigenvalue weighted by Gasteiger charge is -2.12. The summed E-state index contributed by atoms with van der Waals surface area (Å²) < 4.78 is 19.4. The van der Waals surface area contributed by atoms with Crippen molar-refractivity contribution in [3.05, 3.63) is 63.9 Å². The number of rotatable bonds is 4. The van der Waals surface area contributed by atoms with Gasteiger partial charge >= 0.3 is 0 Å². The molecular weight excluding hydrogens is 311 g/mol. The molecule has 0 bridgehead atoms. The minimum absolute atomic E-state index is 0.242. The maximum absolute atomic E-state index is 13.7. The molecule has 0 fully saturated rings. The number of methoxy groups -OCH3 is 1. The van der Waals surface area contributed by atoms with Crippen molar-refractivity contribution in [1.82, 2.24) is 0 Å². The molecule has 0 aliphatic heterocycles. The van der Waals surface area contributed by atoms with Gasteiger partial charge in [0.15, 0.2) is 0 Å². The average molecular weight is 325 g/mol. The van der Waals surface area contributed by atoms with Gasteiger partial charge in [0.05, 0.1) is 13.2 Å². The van der Waals surface area contributed by atoms with E-state index in [1.807, 2.05) is 0 Å². The molecule has 0 aromatic heterocycles. The Hall–Kier alpha value is -1.39. The average Bonchev–Trinajstić information content (AvgIpc) is 2.42. The van der Waals surface area contributed by atoms with Crippen LogP contribution in [-0.4, -0.2) is 12.2 Å². The summed E-state index contributed by atoms with van der Waals surface area (Å²) in [5.74, 6) is 0.410. The molecule has 2 rings (SSSR count). The fourth-order valence-electron chi connectivity index (χ4n) is 1.84. The van der Waals surface area contributed by atoms with Crippen molar-refractivity contribution >= 4 is 15.9 Å². The molecule has 1 unspecified atom stereocenters. The number of aliphatic hydroxyl groups is 1. The first-order valence-corrected chi connectivity index (χ1v) is 6.65. The van der Waals surface area contributed by atoms with Crippen LogP contribution in [0, 0.1) is 5.82 Å². The largest absolute Gasteiger partial charge is 0.497 e. The zero-order valence-corrected chi connectivity index (χ0v) is 12.0. The van der Waals surface area contributed by atoms with Crippen LogP contribution < -0.4 is 4.74 Å². The Morgan fingerprint density at radius 3 is 2.47 bits per heavy atom. The molecule has 2 aromatic rings. The van der Waals surface area contributed by atoms with Crippen molar-refractivity contribution in [2.45, 2.75) is 12.5 Å². The van der Waals surface area contributed by atoms with Crippen LogP contribution >= 0.6 is 15.9 Å². The molecule has 0 radical (unpaired) electrons. The predicted molar refractivity (Wildman–Crippen MR) is 75.8 cm³/mol. The van der Waals surface area contributed by atoms with E-state index in [4.69, 9.17) is 4.74 Å². The van der Waals surface area contributed by atoms with Gasteiger partial charge in [0.2, 0.25) is 0 Å². The molecule has 2 aromatic carbocycles. The van der Waals surface area contributed by atoms with Crippen molar-refractivity contribution in [1.29, 1.82) is 0 Å². The van der Waals surface area contributed by atoms with Crippen molar-refractivity contribution in [2.24, 2.45) is 0 Å². The summed E-state index contributed by atoms with van der Waals surface area (Å²) in [7, 11) is 1.59. The van der Waals surface area contributed by atoms with E-state index in [9.17, 15) is 9.50 Å². The van der Waals surface area contributed by atoms with Crippen molar-refractivity contribution in [3.63, 3.8) is 0 Å². The zero-order chi connectivity index (χ0) is 13.8. The first-order chi connectivity index (χ1) is 9.10. The highest BCUT2D eigenvalue weighted by molar-refractivity contribution is 9.10. The topological polar surface area (TPSA) is 29.5 Å². The normalized spacial score (nSPS) is 12.2. The molecule has 1 atom stereocenters. The minimum atomic E-state index is -0.735. The highest BCUT2D eigenvalue weighted by Crippen LogP contribution is 2.23. The second-order valence-electron chi connectivity index (χ2n) is 4.23. The molecule has 0 saturated heterocycles. The summed E-state index contributed by atoms with van der Waals surface area (Å²) in [6.07, 6.45) is -0.493.